The molecular weight excluding hydrogens is 278 g/mol. The highest BCUT2D eigenvalue weighted by atomic mass is 16.1. The molecule has 0 atom stereocenters. The van der Waals surface area contributed by atoms with Crippen molar-refractivity contribution in [2.45, 2.75) is 33.1 Å². The Kier molecular flexibility index (Phi) is 3.66. The van der Waals surface area contributed by atoms with Gasteiger partial charge in [0.1, 0.15) is 5.82 Å². The fraction of sp³-hybridized carbons (Fsp3) is 0.312. The second kappa shape index (κ2) is 5.63. The van der Waals surface area contributed by atoms with Gasteiger partial charge in [0.2, 0.25) is 0 Å². The van der Waals surface area contributed by atoms with E-state index < -0.39 is 0 Å². The van der Waals surface area contributed by atoms with Gasteiger partial charge in [-0.1, -0.05) is 25.5 Å². The van der Waals surface area contributed by atoms with Crippen LogP contribution in [0.4, 0.5) is 5.69 Å². The number of aromatic amines is 1. The van der Waals surface area contributed by atoms with Crippen LogP contribution in [0.1, 0.15) is 36.0 Å². The minimum absolute atomic E-state index is 0.249. The van der Waals surface area contributed by atoms with Crippen molar-refractivity contribution in [2.75, 3.05) is 5.73 Å². The van der Waals surface area contributed by atoms with Gasteiger partial charge < -0.3 is 5.73 Å². The lowest BCUT2D eigenvalue weighted by Crippen LogP contribution is -2.16. The Hall–Kier alpha value is -2.63. The number of rotatable bonds is 4. The molecule has 0 amide bonds. The van der Waals surface area contributed by atoms with Gasteiger partial charge >= 0.3 is 5.69 Å². The molecular formula is C16H19N5O. The third kappa shape index (κ3) is 2.47. The van der Waals surface area contributed by atoms with E-state index in [1.807, 2.05) is 31.2 Å². The fourth-order valence-electron chi connectivity index (χ4n) is 2.71. The van der Waals surface area contributed by atoms with Crippen molar-refractivity contribution in [3.63, 3.8) is 0 Å². The summed E-state index contributed by atoms with van der Waals surface area (Å²) in [5, 5.41) is 6.72. The minimum atomic E-state index is -0.249. The summed E-state index contributed by atoms with van der Waals surface area (Å²) in [4.78, 5) is 16.5. The van der Waals surface area contributed by atoms with Crippen LogP contribution < -0.4 is 11.4 Å². The maximum Gasteiger partial charge on any atom is 0.349 e. The number of nitrogens with one attached hydrogen (secondary N) is 1. The molecule has 22 heavy (non-hydrogen) atoms. The minimum Gasteiger partial charge on any atom is -0.399 e. The van der Waals surface area contributed by atoms with Crippen LogP contribution in [-0.2, 0) is 12.8 Å². The zero-order valence-corrected chi connectivity index (χ0v) is 12.8. The van der Waals surface area contributed by atoms with Crippen molar-refractivity contribution in [3.8, 4) is 0 Å². The number of hydrogen-bond donors (Lipinski definition) is 2. The molecule has 0 aliphatic heterocycles. The number of aryl methyl sites for hydroxylation is 2. The lowest BCUT2D eigenvalue weighted by molar-refractivity contribution is 0.819. The second-order valence-electron chi connectivity index (χ2n) is 5.44. The summed E-state index contributed by atoms with van der Waals surface area (Å²) in [6.07, 6.45) is 2.53. The normalized spacial score (nSPS) is 11.2. The van der Waals surface area contributed by atoms with Crippen LogP contribution in [0.2, 0.25) is 0 Å². The molecule has 3 rings (SSSR count). The number of fused-ring (bicyclic) bond motifs is 1. The van der Waals surface area contributed by atoms with Crippen molar-refractivity contribution in [1.29, 1.82) is 0 Å². The first kappa shape index (κ1) is 14.3. The summed E-state index contributed by atoms with van der Waals surface area (Å²) in [6, 6.07) is 7.74. The first-order chi connectivity index (χ1) is 10.6. The molecule has 0 saturated carbocycles. The lowest BCUT2D eigenvalue weighted by Gasteiger charge is -2.11. The second-order valence-corrected chi connectivity index (χ2v) is 5.44. The van der Waals surface area contributed by atoms with Crippen LogP contribution in [0, 0.1) is 6.92 Å². The molecule has 0 saturated heterocycles. The number of benzene rings is 1. The van der Waals surface area contributed by atoms with Gasteiger partial charge in [0.05, 0.1) is 0 Å². The number of anilines is 1. The summed E-state index contributed by atoms with van der Waals surface area (Å²) in [6.45, 7) is 3.95. The van der Waals surface area contributed by atoms with Crippen LogP contribution in [-0.4, -0.2) is 19.6 Å². The molecule has 6 heteroatoms. The maximum absolute atomic E-state index is 11.9. The average molecular weight is 297 g/mol. The summed E-state index contributed by atoms with van der Waals surface area (Å²) >= 11 is 0. The number of nitrogens with zero attached hydrogens (tertiary/aromatic N) is 3. The third-order valence-corrected chi connectivity index (χ3v) is 3.76. The number of H-pyrrole nitrogens is 1. The van der Waals surface area contributed by atoms with Crippen molar-refractivity contribution >= 4 is 11.3 Å². The number of aromatic nitrogens is 4. The van der Waals surface area contributed by atoms with E-state index in [4.69, 9.17) is 5.73 Å². The molecule has 3 N–H and O–H groups in total. The van der Waals surface area contributed by atoms with E-state index >= 15 is 0 Å². The fourth-order valence-corrected chi connectivity index (χ4v) is 2.71. The van der Waals surface area contributed by atoms with Crippen molar-refractivity contribution < 1.29 is 0 Å². The van der Waals surface area contributed by atoms with E-state index in [-0.39, 0.29) is 5.69 Å². The van der Waals surface area contributed by atoms with E-state index in [2.05, 4.69) is 22.1 Å². The zero-order valence-electron chi connectivity index (χ0n) is 12.8. The maximum atomic E-state index is 11.9. The largest absolute Gasteiger partial charge is 0.399 e. The molecule has 6 nitrogen and oxygen atoms in total. The molecule has 0 spiro atoms. The van der Waals surface area contributed by atoms with E-state index in [1.165, 1.54) is 4.40 Å². The van der Waals surface area contributed by atoms with Crippen molar-refractivity contribution in [2.24, 2.45) is 0 Å². The van der Waals surface area contributed by atoms with Gasteiger partial charge in [-0.3, -0.25) is 0 Å². The van der Waals surface area contributed by atoms with Gasteiger partial charge in [-0.25, -0.2) is 19.3 Å². The summed E-state index contributed by atoms with van der Waals surface area (Å²) < 4.78 is 1.53. The van der Waals surface area contributed by atoms with E-state index in [0.717, 1.165) is 35.3 Å². The molecule has 114 valence electrons. The van der Waals surface area contributed by atoms with E-state index in [0.29, 0.717) is 17.9 Å². The van der Waals surface area contributed by atoms with Gasteiger partial charge in [0.15, 0.2) is 5.65 Å². The van der Waals surface area contributed by atoms with Crippen LogP contribution >= 0.6 is 0 Å². The molecule has 0 fully saturated rings. The van der Waals surface area contributed by atoms with Crippen LogP contribution in [0.25, 0.3) is 5.65 Å². The SMILES string of the molecule is CCCc1nc(C)n2c(=O)[nH]nc2c1Cc1ccc(N)cc1. The summed E-state index contributed by atoms with van der Waals surface area (Å²) in [5.74, 6) is 0.665. The summed E-state index contributed by atoms with van der Waals surface area (Å²) in [7, 11) is 0. The van der Waals surface area contributed by atoms with Crippen LogP contribution in [0.15, 0.2) is 29.1 Å². The standard InChI is InChI=1S/C16H19N5O/c1-3-4-14-13(9-11-5-7-12(17)8-6-11)15-19-20-16(22)21(15)10(2)18-14/h5-8H,3-4,9,17H2,1-2H3,(H,20,22). The van der Waals surface area contributed by atoms with E-state index in [1.54, 1.807) is 0 Å². The Balaban J connectivity index is 2.16. The summed E-state index contributed by atoms with van der Waals surface area (Å²) in [5.41, 5.74) is 10.0. The molecule has 0 aliphatic carbocycles. The molecule has 0 radical (unpaired) electrons. The van der Waals surface area contributed by atoms with E-state index in [9.17, 15) is 4.79 Å². The number of hydrogen-bond acceptors (Lipinski definition) is 4. The Morgan fingerprint density at radius 2 is 2.00 bits per heavy atom. The van der Waals surface area contributed by atoms with Crippen molar-refractivity contribution in [3.05, 3.63) is 57.4 Å². The van der Waals surface area contributed by atoms with Gasteiger partial charge in [0.25, 0.3) is 0 Å². The topological polar surface area (TPSA) is 89.1 Å². The first-order valence-electron chi connectivity index (χ1n) is 7.40. The monoisotopic (exact) mass is 297 g/mol. The quantitative estimate of drug-likeness (QED) is 0.719. The van der Waals surface area contributed by atoms with Crippen LogP contribution in [0.5, 0.6) is 0 Å². The Morgan fingerprint density at radius 3 is 2.68 bits per heavy atom. The number of nitrogens with two attached hydrogens (primary N) is 1. The molecule has 3 aromatic rings. The predicted octanol–water partition coefficient (Wildman–Crippen LogP) is 1.85. The Labute approximate surface area is 128 Å². The van der Waals surface area contributed by atoms with Gasteiger partial charge in [0, 0.05) is 23.4 Å². The Morgan fingerprint density at radius 1 is 1.27 bits per heavy atom. The zero-order chi connectivity index (χ0) is 15.7. The molecule has 1 aromatic carbocycles. The van der Waals surface area contributed by atoms with Crippen molar-refractivity contribution in [1.82, 2.24) is 19.6 Å². The van der Waals surface area contributed by atoms with Gasteiger partial charge in [-0.05, 0) is 31.0 Å². The Bertz CT molecular complexity index is 861. The molecule has 2 heterocycles. The smallest absolute Gasteiger partial charge is 0.349 e. The highest BCUT2D eigenvalue weighted by Crippen LogP contribution is 2.19. The van der Waals surface area contributed by atoms with Crippen LogP contribution in [0.3, 0.4) is 0 Å². The lowest BCUT2D eigenvalue weighted by atomic mass is 10.0. The first-order valence-corrected chi connectivity index (χ1v) is 7.40. The number of nitrogen functional groups attached to an aromatic ring is 1. The molecule has 0 bridgehead atoms. The molecule has 0 aliphatic rings. The highest BCUT2D eigenvalue weighted by molar-refractivity contribution is 5.52. The van der Waals surface area contributed by atoms with Gasteiger partial charge in [-0.15, -0.1) is 0 Å². The molecule has 0 unspecified atom stereocenters. The molecule has 2 aromatic heterocycles. The third-order valence-electron chi connectivity index (χ3n) is 3.76. The van der Waals surface area contributed by atoms with Gasteiger partial charge in [-0.2, -0.15) is 5.10 Å². The highest BCUT2D eigenvalue weighted by Gasteiger charge is 2.15. The predicted molar refractivity (Wildman–Crippen MR) is 86.0 cm³/mol. The average Bonchev–Trinajstić information content (AvgIpc) is 2.88.